The molecular weight excluding hydrogens is 1360 g/mol. The quantitative estimate of drug-likeness (QED) is 0.0487. The molecular formula is C97H66O12. The second-order valence-electron chi connectivity index (χ2n) is 27.1. The fraction of sp³-hybridized carbons (Fsp3) is 0.0103. The molecule has 0 amide bonds. The molecule has 12 N–H and O–H groups in total. The van der Waals surface area contributed by atoms with Crippen molar-refractivity contribution in [2.45, 2.75) is 5.41 Å². The first-order valence-electron chi connectivity index (χ1n) is 35.3. The van der Waals surface area contributed by atoms with Crippen molar-refractivity contribution in [3.05, 3.63) is 350 Å². The molecule has 526 valence electrons. The monoisotopic (exact) mass is 1420 g/mol. The first-order valence-corrected chi connectivity index (χ1v) is 35.3. The van der Waals surface area contributed by atoms with E-state index >= 15 is 0 Å². The predicted octanol–water partition coefficient (Wildman–Crippen LogP) is 22.5. The van der Waals surface area contributed by atoms with E-state index in [0.29, 0.717) is 77.9 Å². The van der Waals surface area contributed by atoms with Crippen LogP contribution in [0.4, 0.5) is 0 Å². The number of phenolic OH excluding ortho intramolecular Hbond substituents is 12. The predicted molar refractivity (Wildman–Crippen MR) is 429 cm³/mol. The molecule has 16 aromatic rings. The van der Waals surface area contributed by atoms with Crippen LogP contribution in [0.15, 0.2) is 328 Å². The molecule has 0 atom stereocenters. The minimum atomic E-state index is -1.80. The van der Waals surface area contributed by atoms with Crippen molar-refractivity contribution >= 4 is 0 Å². The largest absolute Gasteiger partial charge is 0.506 e. The molecule has 16 aromatic carbocycles. The molecule has 0 aliphatic heterocycles. The number of aromatic hydroxyl groups is 12. The number of benzene rings is 16. The van der Waals surface area contributed by atoms with E-state index in [1.165, 1.54) is 0 Å². The first kappa shape index (κ1) is 67.3. The van der Waals surface area contributed by atoms with Gasteiger partial charge in [0, 0.05) is 0 Å². The summed E-state index contributed by atoms with van der Waals surface area (Å²) in [5.41, 5.74) is 3.44. The van der Waals surface area contributed by atoms with Crippen molar-refractivity contribution < 1.29 is 61.3 Å². The maximum Gasteiger partial charge on any atom is 0.138 e. The molecule has 0 saturated carbocycles. The molecule has 12 heteroatoms. The third kappa shape index (κ3) is 10.8. The van der Waals surface area contributed by atoms with Crippen LogP contribution >= 0.6 is 0 Å². The second-order valence-corrected chi connectivity index (χ2v) is 27.1. The summed E-state index contributed by atoms with van der Waals surface area (Å²) in [6.45, 7) is 0. The molecule has 0 saturated heterocycles. The molecule has 0 unspecified atom stereocenters. The van der Waals surface area contributed by atoms with E-state index in [2.05, 4.69) is 0 Å². The number of phenols is 12. The molecule has 0 spiro atoms. The first-order chi connectivity index (χ1) is 53.1. The number of hydrogen-bond acceptors (Lipinski definition) is 12. The zero-order valence-electron chi connectivity index (χ0n) is 58.0. The number of fused-ring (bicyclic) bond motifs is 3. The molecule has 17 rings (SSSR count). The van der Waals surface area contributed by atoms with Gasteiger partial charge in [0.1, 0.15) is 69.0 Å². The van der Waals surface area contributed by atoms with Crippen LogP contribution in [0.2, 0.25) is 0 Å². The topological polar surface area (TPSA) is 243 Å². The zero-order valence-corrected chi connectivity index (χ0v) is 58.0. The zero-order chi connectivity index (χ0) is 74.9. The highest BCUT2D eigenvalue weighted by Gasteiger charge is 2.48. The lowest BCUT2D eigenvalue weighted by Gasteiger charge is -2.36. The Labute approximate surface area is 626 Å². The van der Waals surface area contributed by atoms with E-state index in [1.54, 1.807) is 279 Å². The molecule has 0 radical (unpaired) electrons. The van der Waals surface area contributed by atoms with E-state index in [-0.39, 0.29) is 89.0 Å². The summed E-state index contributed by atoms with van der Waals surface area (Å²) in [5.74, 6) is -6.28. The Morgan fingerprint density at radius 2 is 0.275 bits per heavy atom. The van der Waals surface area contributed by atoms with Crippen LogP contribution in [-0.4, -0.2) is 61.3 Å². The lowest BCUT2D eigenvalue weighted by atomic mass is 9.66. The van der Waals surface area contributed by atoms with Crippen LogP contribution in [-0.2, 0) is 5.41 Å². The lowest BCUT2D eigenvalue weighted by Crippen LogP contribution is -2.29. The van der Waals surface area contributed by atoms with Gasteiger partial charge in [-0.2, -0.15) is 0 Å². The van der Waals surface area contributed by atoms with Gasteiger partial charge in [-0.05, 0) is 137 Å². The third-order valence-corrected chi connectivity index (χ3v) is 21.0. The fourth-order valence-electron chi connectivity index (χ4n) is 16.3. The summed E-state index contributed by atoms with van der Waals surface area (Å²) in [4.78, 5) is 0. The molecule has 109 heavy (non-hydrogen) atoms. The number of hydrogen-bond donors (Lipinski definition) is 12. The van der Waals surface area contributed by atoms with Crippen LogP contribution in [0.3, 0.4) is 0 Å². The van der Waals surface area contributed by atoms with Gasteiger partial charge in [0.2, 0.25) is 0 Å². The summed E-state index contributed by atoms with van der Waals surface area (Å²) < 4.78 is 0. The van der Waals surface area contributed by atoms with Gasteiger partial charge in [0.15, 0.2) is 0 Å². The maximum absolute atomic E-state index is 13.5. The van der Waals surface area contributed by atoms with Crippen LogP contribution in [0.25, 0.3) is 145 Å². The SMILES string of the molecule is Oc1c(-c2ccccc2)c(O)c(-c2cc(-c3c(O)c(-c4ccccc4)c(O)c(-c4ccccc4)c3O)cc(C3(c4cc(-c5c(O)c(-c6ccccc6)c(O)c(-c6ccccc6)c5O)cc(-c5c(O)c(-c6ccccc6)c(O)c(-c6ccccc6)c5O)c4)c4ccccc4-c4ccccc43)c2)c(O)c1-c1ccccc1. The van der Waals surface area contributed by atoms with Crippen molar-refractivity contribution in [2.75, 3.05) is 0 Å². The van der Waals surface area contributed by atoms with E-state index in [9.17, 15) is 61.3 Å². The van der Waals surface area contributed by atoms with Gasteiger partial charge in [-0.25, -0.2) is 0 Å². The van der Waals surface area contributed by atoms with E-state index in [0.717, 1.165) is 0 Å². The summed E-state index contributed by atoms with van der Waals surface area (Å²) in [6.07, 6.45) is 0. The Morgan fingerprint density at radius 3 is 0.440 bits per heavy atom. The maximum atomic E-state index is 13.5. The van der Waals surface area contributed by atoms with Gasteiger partial charge >= 0.3 is 0 Å². The Hall–Kier alpha value is -14.9. The highest BCUT2D eigenvalue weighted by Crippen LogP contribution is 2.65. The van der Waals surface area contributed by atoms with Crippen LogP contribution in [0.5, 0.6) is 69.0 Å². The van der Waals surface area contributed by atoms with Gasteiger partial charge in [-0.15, -0.1) is 0 Å². The third-order valence-electron chi connectivity index (χ3n) is 21.0. The Balaban J connectivity index is 1.09. The van der Waals surface area contributed by atoms with Crippen molar-refractivity contribution in [3.63, 3.8) is 0 Å². The van der Waals surface area contributed by atoms with Gasteiger partial charge in [-0.3, -0.25) is 0 Å². The summed E-state index contributed by atoms with van der Waals surface area (Å²) in [7, 11) is 0. The van der Waals surface area contributed by atoms with Gasteiger partial charge in [-0.1, -0.05) is 291 Å². The molecule has 1 aliphatic rings. The standard InChI is InChI=1S/C97H66O12/c98-85-73(55-29-9-1-10-30-55)89(102)81(90(103)74(85)56-31-11-2-12-32-56)63-49-64(82-91(104)75(57-33-13-3-14-34-57)86(99)76(92(82)105)58-35-15-4-16-36-58)52-67(51-63)97(71-47-27-25-45-69(71)70-46-26-28-48-72(70)97)68-53-65(83-93(106)77(59-37-17-5-18-38-59)87(100)78(94(83)107)60-39-19-6-20-40-60)50-66(54-68)84-95(108)79(61-41-21-7-22-42-61)88(101)80(96(84)109)62-43-23-8-24-44-62/h1-54,98-109H. The van der Waals surface area contributed by atoms with E-state index in [1.807, 2.05) is 48.5 Å². The van der Waals surface area contributed by atoms with E-state index < -0.39 is 74.4 Å². The highest BCUT2D eigenvalue weighted by molar-refractivity contribution is 6.06. The van der Waals surface area contributed by atoms with Gasteiger partial charge in [0.25, 0.3) is 0 Å². The minimum Gasteiger partial charge on any atom is -0.506 e. The molecule has 0 aromatic heterocycles. The van der Waals surface area contributed by atoms with Crippen LogP contribution in [0, 0.1) is 0 Å². The van der Waals surface area contributed by atoms with Crippen molar-refractivity contribution in [2.24, 2.45) is 0 Å². The van der Waals surface area contributed by atoms with Crippen molar-refractivity contribution in [3.8, 4) is 214 Å². The van der Waals surface area contributed by atoms with Crippen LogP contribution < -0.4 is 0 Å². The highest BCUT2D eigenvalue weighted by atomic mass is 16.3. The second kappa shape index (κ2) is 27.0. The molecule has 0 heterocycles. The van der Waals surface area contributed by atoms with Crippen molar-refractivity contribution in [1.29, 1.82) is 0 Å². The number of rotatable bonds is 14. The normalized spacial score (nSPS) is 12.0. The van der Waals surface area contributed by atoms with E-state index in [4.69, 9.17) is 0 Å². The van der Waals surface area contributed by atoms with Crippen LogP contribution in [0.1, 0.15) is 22.3 Å². The summed E-state index contributed by atoms with van der Waals surface area (Å²) in [5, 5.41) is 159. The molecule has 1 aliphatic carbocycles. The molecule has 0 bridgehead atoms. The summed E-state index contributed by atoms with van der Waals surface area (Å²) >= 11 is 0. The van der Waals surface area contributed by atoms with Crippen molar-refractivity contribution in [1.82, 2.24) is 0 Å². The smallest absolute Gasteiger partial charge is 0.138 e. The lowest BCUT2D eigenvalue weighted by molar-refractivity contribution is 0.434. The fourth-order valence-corrected chi connectivity index (χ4v) is 16.3. The Kier molecular flexibility index (Phi) is 16.7. The summed E-state index contributed by atoms with van der Waals surface area (Å²) in [6, 6.07) is 95.3. The average molecular weight is 1420 g/mol. The Bertz CT molecular complexity index is 5280. The average Bonchev–Trinajstić information content (AvgIpc) is 1.61. The molecule has 12 nitrogen and oxygen atoms in total. The van der Waals surface area contributed by atoms with Gasteiger partial charge < -0.3 is 61.3 Å². The minimum absolute atomic E-state index is 0.0487. The molecule has 0 fully saturated rings. The van der Waals surface area contributed by atoms with Gasteiger partial charge in [0.05, 0.1) is 72.2 Å². The Morgan fingerprint density at radius 1 is 0.138 bits per heavy atom.